The SMILES string of the molecule is Br.CC=C[CH2][Mg][Br]. The van der Waals surface area contributed by atoms with Crippen LogP contribution in [0.4, 0.5) is 0 Å². The molecule has 0 aliphatic heterocycles. The van der Waals surface area contributed by atoms with Gasteiger partial charge in [-0.1, -0.05) is 6.08 Å². The van der Waals surface area contributed by atoms with Gasteiger partial charge in [-0.25, -0.2) is 0 Å². The molecule has 0 radical (unpaired) electrons. The maximum absolute atomic E-state index is 3.44. The molecule has 0 unspecified atom stereocenters. The van der Waals surface area contributed by atoms with E-state index < -0.39 is 0 Å². The summed E-state index contributed by atoms with van der Waals surface area (Å²) in [6, 6.07) is 0. The van der Waals surface area contributed by atoms with Gasteiger partial charge in [-0.15, -0.1) is 27.6 Å². The van der Waals surface area contributed by atoms with Crippen molar-refractivity contribution in [3.8, 4) is 0 Å². The van der Waals surface area contributed by atoms with Gasteiger partial charge in [0.2, 0.25) is 0 Å². The third kappa shape index (κ3) is 11.2. The summed E-state index contributed by atoms with van der Waals surface area (Å²) >= 11 is 3.57. The van der Waals surface area contributed by atoms with Gasteiger partial charge in [-0.2, -0.15) is 0 Å². The van der Waals surface area contributed by atoms with E-state index >= 15 is 0 Å². The number of allylic oxidation sites excluding steroid dienone is 2. The standard InChI is InChI=1S/C4H7.2BrH.Mg/c1-3-4-2;;;/h3-4H,1H2,2H3;2*1H;/q;;;+1/p-1. The van der Waals surface area contributed by atoms with Gasteiger partial charge >= 0.3 is 18.2 Å². The van der Waals surface area contributed by atoms with Gasteiger partial charge in [0.1, 0.15) is 0 Å². The molecule has 0 aliphatic rings. The van der Waals surface area contributed by atoms with Crippen molar-refractivity contribution >= 4 is 48.1 Å². The van der Waals surface area contributed by atoms with E-state index in [0.29, 0.717) is 0 Å². The molecule has 0 fully saturated rings. The van der Waals surface area contributed by atoms with Crippen molar-refractivity contribution in [3.63, 3.8) is 0 Å². The summed E-state index contributed by atoms with van der Waals surface area (Å²) in [6.45, 7) is 2.05. The zero-order valence-electron chi connectivity index (χ0n) is 4.36. The lowest BCUT2D eigenvalue weighted by Crippen LogP contribution is -1.65. The quantitative estimate of drug-likeness (QED) is 0.514. The average Bonchev–Trinajstić information content (AvgIpc) is 1.61. The van der Waals surface area contributed by atoms with E-state index in [1.165, 1.54) is 4.55 Å². The zero-order valence-corrected chi connectivity index (χ0v) is 9.07. The Morgan fingerprint density at radius 1 is 1.71 bits per heavy atom. The van der Waals surface area contributed by atoms with Crippen LogP contribution in [0.25, 0.3) is 0 Å². The van der Waals surface area contributed by atoms with Crippen LogP contribution < -0.4 is 0 Å². The lowest BCUT2D eigenvalue weighted by atomic mass is 10.6. The lowest BCUT2D eigenvalue weighted by molar-refractivity contribution is 1.62. The molecular formula is C4H8Br2Mg. The second-order valence-electron chi connectivity index (χ2n) is 1.05. The molecule has 0 aromatic carbocycles. The molecule has 40 valence electrons. The van der Waals surface area contributed by atoms with Gasteiger partial charge < -0.3 is 12.9 Å². The fourth-order valence-electron chi connectivity index (χ4n) is 0.230. The number of hydrogen-bond donors (Lipinski definition) is 0. The third-order valence-electron chi connectivity index (χ3n) is 0.511. The van der Waals surface area contributed by atoms with Crippen LogP contribution in [-0.4, -0.2) is 18.2 Å². The van der Waals surface area contributed by atoms with Gasteiger partial charge in [0.05, 0.1) is 0 Å². The Kier molecular flexibility index (Phi) is 16.8. The first-order valence-corrected chi connectivity index (χ1v) is 6.99. The van der Waals surface area contributed by atoms with Crippen LogP contribution in [0, 0.1) is 0 Å². The number of halogens is 2. The van der Waals surface area contributed by atoms with Crippen LogP contribution in [0.15, 0.2) is 12.2 Å². The molecule has 0 aliphatic carbocycles. The maximum Gasteiger partial charge on any atom is 0.472 e. The smallest absolute Gasteiger partial charge is 0.306 e. The van der Waals surface area contributed by atoms with Crippen molar-refractivity contribution in [2.75, 3.05) is 0 Å². The molecule has 7 heavy (non-hydrogen) atoms. The molecule has 0 rings (SSSR count). The van der Waals surface area contributed by atoms with E-state index in [1.54, 1.807) is 0 Å². The van der Waals surface area contributed by atoms with Crippen LogP contribution in [0.5, 0.6) is 0 Å². The minimum absolute atomic E-state index is 0. The van der Waals surface area contributed by atoms with Crippen LogP contribution in [0.2, 0.25) is 4.55 Å². The van der Waals surface area contributed by atoms with E-state index in [9.17, 15) is 0 Å². The van der Waals surface area contributed by atoms with E-state index in [2.05, 4.69) is 32.0 Å². The summed E-state index contributed by atoms with van der Waals surface area (Å²) in [5, 5.41) is 0. The molecule has 0 aromatic rings. The van der Waals surface area contributed by atoms with Crippen molar-refractivity contribution in [2.24, 2.45) is 0 Å². The molecule has 0 saturated heterocycles. The first-order chi connectivity index (χ1) is 2.91. The van der Waals surface area contributed by atoms with E-state index in [1.807, 2.05) is 0 Å². The molecule has 0 N–H and O–H groups in total. The molecule has 0 aromatic heterocycles. The Morgan fingerprint density at radius 2 is 2.29 bits per heavy atom. The minimum atomic E-state index is 0. The highest BCUT2D eigenvalue weighted by atomic mass is 79.9. The first kappa shape index (κ1) is 11.3. The predicted octanol–water partition coefficient (Wildman–Crippen LogP) is 2.57. The van der Waals surface area contributed by atoms with Crippen LogP contribution in [0.3, 0.4) is 0 Å². The summed E-state index contributed by atoms with van der Waals surface area (Å²) in [5.74, 6) is 0. The fraction of sp³-hybridized carbons (Fsp3) is 0.500. The maximum atomic E-state index is 3.44. The van der Waals surface area contributed by atoms with Crippen molar-refractivity contribution in [2.45, 2.75) is 11.5 Å². The molecule has 0 spiro atoms. The van der Waals surface area contributed by atoms with Crippen molar-refractivity contribution in [1.82, 2.24) is 0 Å². The highest BCUT2D eigenvalue weighted by Crippen LogP contribution is 1.85. The molecule has 0 amide bonds. The molecule has 0 atom stereocenters. The lowest BCUT2D eigenvalue weighted by Gasteiger charge is -1.70. The van der Waals surface area contributed by atoms with Crippen LogP contribution in [-0.2, 0) is 0 Å². The van der Waals surface area contributed by atoms with Crippen molar-refractivity contribution in [3.05, 3.63) is 12.2 Å². The molecule has 0 bridgehead atoms. The Labute approximate surface area is 71.1 Å². The number of rotatable bonds is 2. The van der Waals surface area contributed by atoms with Crippen molar-refractivity contribution in [1.29, 1.82) is 0 Å². The topological polar surface area (TPSA) is 0 Å². The van der Waals surface area contributed by atoms with Crippen LogP contribution in [0.1, 0.15) is 6.92 Å². The third-order valence-corrected chi connectivity index (χ3v) is 2.44. The summed E-state index contributed by atoms with van der Waals surface area (Å²) in [6.07, 6.45) is 4.29. The van der Waals surface area contributed by atoms with Gasteiger partial charge in [0, 0.05) is 0 Å². The van der Waals surface area contributed by atoms with E-state index in [4.69, 9.17) is 0 Å². The normalized spacial score (nSPS) is 7.71. The second kappa shape index (κ2) is 10.4. The van der Waals surface area contributed by atoms with Gasteiger partial charge in [-0.05, 0) is 6.92 Å². The largest absolute Gasteiger partial charge is 0.472 e. The molecule has 3 heteroatoms. The molecule has 0 heterocycles. The van der Waals surface area contributed by atoms with Crippen LogP contribution >= 0.6 is 29.9 Å². The summed E-state index contributed by atoms with van der Waals surface area (Å²) in [4.78, 5) is 0. The summed E-state index contributed by atoms with van der Waals surface area (Å²) < 4.78 is 1.29. The second-order valence-corrected chi connectivity index (χ2v) is 4.38. The number of hydrogen-bond acceptors (Lipinski definition) is 0. The monoisotopic (exact) mass is 238 g/mol. The Morgan fingerprint density at radius 3 is 2.43 bits per heavy atom. The zero-order chi connectivity index (χ0) is 4.83. The van der Waals surface area contributed by atoms with Gasteiger partial charge in [0.15, 0.2) is 0 Å². The Hall–Kier alpha value is 1.47. The molecule has 0 nitrogen and oxygen atoms in total. The summed E-state index contributed by atoms with van der Waals surface area (Å²) in [5.41, 5.74) is 0. The van der Waals surface area contributed by atoms with E-state index in [0.717, 1.165) is 0 Å². The molecular weight excluding hydrogens is 232 g/mol. The van der Waals surface area contributed by atoms with E-state index in [-0.39, 0.29) is 35.2 Å². The predicted molar refractivity (Wildman–Crippen MR) is 44.6 cm³/mol. The summed E-state index contributed by atoms with van der Waals surface area (Å²) in [7, 11) is 0. The van der Waals surface area contributed by atoms with Crippen molar-refractivity contribution < 1.29 is 0 Å². The highest BCUT2D eigenvalue weighted by molar-refractivity contribution is 9.23. The molecule has 0 saturated carbocycles. The Bertz CT molecular complexity index is 45.0. The fourth-order valence-corrected chi connectivity index (χ4v) is 1.48. The average molecular weight is 240 g/mol. The minimum Gasteiger partial charge on any atom is -0.306 e. The highest BCUT2D eigenvalue weighted by Gasteiger charge is 1.77. The Balaban J connectivity index is 0. The van der Waals surface area contributed by atoms with Gasteiger partial charge in [0.25, 0.3) is 0 Å². The first-order valence-electron chi connectivity index (χ1n) is 2.09. The van der Waals surface area contributed by atoms with Gasteiger partial charge in [-0.3, -0.25) is 0 Å².